The number of aromatic nitrogens is 1. The van der Waals surface area contributed by atoms with Gasteiger partial charge in [-0.25, -0.2) is 0 Å². The smallest absolute Gasteiger partial charge is 0.315 e. The quantitative estimate of drug-likeness (QED) is 0.916. The van der Waals surface area contributed by atoms with E-state index < -0.39 is 11.4 Å². The lowest BCUT2D eigenvalue weighted by molar-refractivity contribution is -0.142. The molecule has 0 unspecified atom stereocenters. The Bertz CT molecular complexity index is 644. The minimum atomic E-state index is -0.971. The molecule has 0 bridgehead atoms. The third kappa shape index (κ3) is 2.33. The van der Waals surface area contributed by atoms with Crippen molar-refractivity contribution in [2.45, 2.75) is 39.5 Å². The predicted octanol–water partition coefficient (Wildman–Crippen LogP) is 3.47. The Labute approximate surface area is 113 Å². The van der Waals surface area contributed by atoms with Gasteiger partial charge in [0.15, 0.2) is 0 Å². The number of hydrogen-bond donors (Lipinski definition) is 1. The topological polar surface area (TPSA) is 50.2 Å². The zero-order valence-electron chi connectivity index (χ0n) is 11.8. The highest BCUT2D eigenvalue weighted by molar-refractivity contribution is 5.84. The summed E-state index contributed by atoms with van der Waals surface area (Å²) in [5.41, 5.74) is 2.71. The third-order valence-corrected chi connectivity index (χ3v) is 3.60. The number of nitrogens with zero attached hydrogens (tertiary/aromatic N) is 1. The molecule has 1 aromatic heterocycles. The van der Waals surface area contributed by atoms with Crippen LogP contribution in [0, 0.1) is 6.92 Å². The molecule has 0 spiro atoms. The lowest BCUT2D eigenvalue weighted by atomic mass is 9.86. The first-order chi connectivity index (χ1) is 8.86. The molecule has 0 radical (unpaired) electrons. The van der Waals surface area contributed by atoms with Crippen LogP contribution in [-0.4, -0.2) is 16.1 Å². The molecule has 1 N–H and O–H groups in total. The number of benzene rings is 1. The van der Waals surface area contributed by atoms with E-state index in [1.54, 1.807) is 13.8 Å². The Balaban J connectivity index is 2.66. The fourth-order valence-corrected chi connectivity index (χ4v) is 2.29. The van der Waals surface area contributed by atoms with Crippen molar-refractivity contribution in [3.8, 4) is 0 Å². The van der Waals surface area contributed by atoms with Crippen LogP contribution in [-0.2, 0) is 16.6 Å². The Morgan fingerprint density at radius 3 is 2.58 bits per heavy atom. The van der Waals surface area contributed by atoms with Crippen molar-refractivity contribution >= 4 is 16.9 Å². The highest BCUT2D eigenvalue weighted by atomic mass is 16.4. The highest BCUT2D eigenvalue weighted by Gasteiger charge is 2.32. The van der Waals surface area contributed by atoms with Crippen molar-refractivity contribution in [3.05, 3.63) is 41.1 Å². The molecule has 0 amide bonds. The van der Waals surface area contributed by atoms with E-state index in [1.165, 1.54) is 5.56 Å². The summed E-state index contributed by atoms with van der Waals surface area (Å²) in [5.74, 6) is -0.854. The Morgan fingerprint density at radius 2 is 2.00 bits per heavy atom. The molecule has 1 heterocycles. The molecular weight excluding hydrogens is 238 g/mol. The number of aryl methyl sites for hydroxylation is 2. The van der Waals surface area contributed by atoms with E-state index in [-0.39, 0.29) is 0 Å². The van der Waals surface area contributed by atoms with Gasteiger partial charge in [-0.15, -0.1) is 0 Å². The van der Waals surface area contributed by atoms with Crippen LogP contribution in [0.5, 0.6) is 0 Å². The number of rotatable bonds is 3. The van der Waals surface area contributed by atoms with E-state index in [1.807, 2.05) is 25.1 Å². The van der Waals surface area contributed by atoms with E-state index in [0.717, 1.165) is 22.9 Å². The van der Waals surface area contributed by atoms with Crippen molar-refractivity contribution in [1.29, 1.82) is 0 Å². The number of carboxylic acid groups (broad SMARTS) is 1. The summed E-state index contributed by atoms with van der Waals surface area (Å²) in [6.45, 7) is 7.42. The van der Waals surface area contributed by atoms with Gasteiger partial charge in [-0.05, 0) is 56.5 Å². The first-order valence-electron chi connectivity index (χ1n) is 6.50. The second kappa shape index (κ2) is 4.65. The van der Waals surface area contributed by atoms with Gasteiger partial charge in [0.2, 0.25) is 0 Å². The zero-order valence-corrected chi connectivity index (χ0v) is 11.8. The van der Waals surface area contributed by atoms with E-state index in [0.29, 0.717) is 5.69 Å². The van der Waals surface area contributed by atoms with Gasteiger partial charge in [0.25, 0.3) is 0 Å². The summed E-state index contributed by atoms with van der Waals surface area (Å²) < 4.78 is 0. The van der Waals surface area contributed by atoms with Gasteiger partial charge in [0.05, 0.1) is 11.2 Å². The summed E-state index contributed by atoms with van der Waals surface area (Å²) in [6.07, 6.45) is 0.983. The normalized spacial score (nSPS) is 11.8. The van der Waals surface area contributed by atoms with Crippen LogP contribution in [0.3, 0.4) is 0 Å². The molecule has 2 rings (SSSR count). The third-order valence-electron chi connectivity index (χ3n) is 3.60. The SMILES string of the molecule is CCc1ccc2nc(C(C)(C)C(=O)O)c(C)cc2c1. The van der Waals surface area contributed by atoms with E-state index in [2.05, 4.69) is 18.0 Å². The van der Waals surface area contributed by atoms with Gasteiger partial charge < -0.3 is 5.11 Å². The Hall–Kier alpha value is -1.90. The fraction of sp³-hybridized carbons (Fsp3) is 0.375. The summed E-state index contributed by atoms with van der Waals surface area (Å²) in [7, 11) is 0. The van der Waals surface area contributed by atoms with Gasteiger partial charge in [-0.2, -0.15) is 0 Å². The molecule has 19 heavy (non-hydrogen) atoms. The van der Waals surface area contributed by atoms with Gasteiger partial charge in [-0.1, -0.05) is 13.0 Å². The van der Waals surface area contributed by atoms with Crippen LogP contribution >= 0.6 is 0 Å². The Kier molecular flexibility index (Phi) is 3.31. The van der Waals surface area contributed by atoms with Gasteiger partial charge in [0.1, 0.15) is 5.41 Å². The van der Waals surface area contributed by atoms with Crippen molar-refractivity contribution in [2.75, 3.05) is 0 Å². The lowest BCUT2D eigenvalue weighted by Crippen LogP contribution is -2.30. The fourth-order valence-electron chi connectivity index (χ4n) is 2.29. The summed E-state index contributed by atoms with van der Waals surface area (Å²) >= 11 is 0. The average molecular weight is 257 g/mol. The highest BCUT2D eigenvalue weighted by Crippen LogP contribution is 2.28. The maximum absolute atomic E-state index is 11.4. The standard InChI is InChI=1S/C16H19NO2/c1-5-11-6-7-13-12(9-11)8-10(2)14(17-13)16(3,4)15(18)19/h6-9H,5H2,1-4H3,(H,18,19). The van der Waals surface area contributed by atoms with E-state index in [4.69, 9.17) is 0 Å². The zero-order chi connectivity index (χ0) is 14.2. The van der Waals surface area contributed by atoms with Crippen molar-refractivity contribution in [1.82, 2.24) is 4.98 Å². The van der Waals surface area contributed by atoms with Crippen molar-refractivity contribution in [3.63, 3.8) is 0 Å². The van der Waals surface area contributed by atoms with Crippen molar-refractivity contribution in [2.24, 2.45) is 0 Å². The van der Waals surface area contributed by atoms with Gasteiger partial charge in [-0.3, -0.25) is 9.78 Å². The number of aliphatic carboxylic acids is 1. The molecule has 0 saturated carbocycles. The van der Waals surface area contributed by atoms with E-state index >= 15 is 0 Å². The van der Waals surface area contributed by atoms with Gasteiger partial charge in [0, 0.05) is 5.39 Å². The minimum absolute atomic E-state index is 0.636. The number of fused-ring (bicyclic) bond motifs is 1. The van der Waals surface area contributed by atoms with Crippen LogP contribution < -0.4 is 0 Å². The van der Waals surface area contributed by atoms with Crippen LogP contribution in [0.25, 0.3) is 10.9 Å². The molecular formula is C16H19NO2. The van der Waals surface area contributed by atoms with Crippen LogP contribution in [0.15, 0.2) is 24.3 Å². The van der Waals surface area contributed by atoms with Crippen molar-refractivity contribution < 1.29 is 9.90 Å². The molecule has 2 aromatic rings. The van der Waals surface area contributed by atoms with E-state index in [9.17, 15) is 9.90 Å². The molecule has 1 aromatic carbocycles. The molecule has 0 fully saturated rings. The molecule has 0 saturated heterocycles. The maximum atomic E-state index is 11.4. The predicted molar refractivity (Wildman–Crippen MR) is 76.5 cm³/mol. The molecule has 0 aliphatic rings. The molecule has 0 aliphatic heterocycles. The number of pyridine rings is 1. The Morgan fingerprint density at radius 1 is 1.32 bits per heavy atom. The number of carboxylic acids is 1. The largest absolute Gasteiger partial charge is 0.481 e. The first-order valence-corrected chi connectivity index (χ1v) is 6.50. The first kappa shape index (κ1) is 13.5. The molecule has 100 valence electrons. The molecule has 3 heteroatoms. The lowest BCUT2D eigenvalue weighted by Gasteiger charge is -2.21. The van der Waals surface area contributed by atoms with Crippen LogP contribution in [0.4, 0.5) is 0 Å². The average Bonchev–Trinajstić information content (AvgIpc) is 2.36. The second-order valence-corrected chi connectivity index (χ2v) is 5.46. The molecule has 3 nitrogen and oxygen atoms in total. The number of carbonyl (C=O) groups is 1. The number of hydrogen-bond acceptors (Lipinski definition) is 2. The monoisotopic (exact) mass is 257 g/mol. The summed E-state index contributed by atoms with van der Waals surface area (Å²) in [6, 6.07) is 8.16. The van der Waals surface area contributed by atoms with Gasteiger partial charge >= 0.3 is 5.97 Å². The minimum Gasteiger partial charge on any atom is -0.481 e. The molecule has 0 aliphatic carbocycles. The summed E-state index contributed by atoms with van der Waals surface area (Å²) in [5, 5.41) is 10.4. The molecule has 0 atom stereocenters. The maximum Gasteiger partial charge on any atom is 0.315 e. The summed E-state index contributed by atoms with van der Waals surface area (Å²) in [4.78, 5) is 15.9. The van der Waals surface area contributed by atoms with Crippen LogP contribution in [0.2, 0.25) is 0 Å². The second-order valence-electron chi connectivity index (χ2n) is 5.46. The van der Waals surface area contributed by atoms with Crippen LogP contribution in [0.1, 0.15) is 37.6 Å².